The van der Waals surface area contributed by atoms with Crippen molar-refractivity contribution < 1.29 is 9.59 Å². The zero-order valence-corrected chi connectivity index (χ0v) is 11.7. The van der Waals surface area contributed by atoms with E-state index in [1.807, 2.05) is 24.3 Å². The molecule has 22 heavy (non-hydrogen) atoms. The predicted octanol–water partition coefficient (Wildman–Crippen LogP) is 0.908. The van der Waals surface area contributed by atoms with Gasteiger partial charge in [0.2, 0.25) is 0 Å². The average Bonchev–Trinajstić information content (AvgIpc) is 2.96. The normalized spacial score (nSPS) is 19.9. The Hall–Kier alpha value is -2.67. The molecule has 0 bridgehead atoms. The summed E-state index contributed by atoms with van der Waals surface area (Å²) in [6.45, 7) is 2.74. The first kappa shape index (κ1) is 13.0. The van der Waals surface area contributed by atoms with Crippen molar-refractivity contribution in [1.82, 2.24) is 10.2 Å². The summed E-state index contributed by atoms with van der Waals surface area (Å²) in [7, 11) is 0. The Morgan fingerprint density at radius 3 is 2.73 bits per heavy atom. The number of benzene rings is 1. The third-order valence-electron chi connectivity index (χ3n) is 3.93. The van der Waals surface area contributed by atoms with Gasteiger partial charge in [0.25, 0.3) is 5.91 Å². The summed E-state index contributed by atoms with van der Waals surface area (Å²) in [4.78, 5) is 30.7. The molecule has 2 amide bonds. The largest absolute Gasteiger partial charge is 0.335 e. The highest BCUT2D eigenvalue weighted by Crippen LogP contribution is 2.39. The molecule has 7 nitrogen and oxygen atoms in total. The number of azo groups is 1. The van der Waals surface area contributed by atoms with Gasteiger partial charge in [0, 0.05) is 37.3 Å². The van der Waals surface area contributed by atoms with Crippen LogP contribution < -0.4 is 5.32 Å². The number of amides is 2. The molecule has 1 saturated heterocycles. The number of rotatable bonds is 1. The van der Waals surface area contributed by atoms with Crippen LogP contribution in [0.1, 0.15) is 5.56 Å². The van der Waals surface area contributed by atoms with Gasteiger partial charge < -0.3 is 10.2 Å². The summed E-state index contributed by atoms with van der Waals surface area (Å²) < 4.78 is 0. The molecule has 0 saturated carbocycles. The summed E-state index contributed by atoms with van der Waals surface area (Å²) in [5, 5.41) is 10.7. The number of nitrogens with zero attached hydrogens (tertiary/aromatic N) is 4. The molecule has 0 spiro atoms. The maximum atomic E-state index is 12.7. The van der Waals surface area contributed by atoms with Crippen molar-refractivity contribution in [2.45, 2.75) is 0 Å². The minimum atomic E-state index is -0.497. The second-order valence-electron chi connectivity index (χ2n) is 5.25. The van der Waals surface area contributed by atoms with Crippen LogP contribution in [0.5, 0.6) is 0 Å². The molecule has 3 aliphatic rings. The Kier molecular flexibility index (Phi) is 2.93. The number of hydrogen-bond acceptors (Lipinski definition) is 5. The molecule has 7 heteroatoms. The molecule has 3 heterocycles. The lowest BCUT2D eigenvalue weighted by atomic mass is 9.99. The molecular formula is C15H13N5O2. The number of para-hydroxylation sites is 1. The lowest BCUT2D eigenvalue weighted by Crippen LogP contribution is -2.47. The van der Waals surface area contributed by atoms with E-state index in [0.29, 0.717) is 24.4 Å². The van der Waals surface area contributed by atoms with Crippen LogP contribution in [-0.2, 0) is 9.59 Å². The zero-order valence-electron chi connectivity index (χ0n) is 11.7. The zero-order chi connectivity index (χ0) is 15.1. The minimum Gasteiger partial charge on any atom is -0.335 e. The van der Waals surface area contributed by atoms with Gasteiger partial charge in [-0.3, -0.25) is 9.59 Å². The summed E-state index contributed by atoms with van der Waals surface area (Å²) in [5.74, 6) is -0.694. The van der Waals surface area contributed by atoms with E-state index in [2.05, 4.69) is 20.5 Å². The van der Waals surface area contributed by atoms with Gasteiger partial charge >= 0.3 is 5.91 Å². The third-order valence-corrected chi connectivity index (χ3v) is 3.93. The van der Waals surface area contributed by atoms with Gasteiger partial charge in [0.1, 0.15) is 5.71 Å². The number of carbonyl (C=O) groups is 2. The molecular weight excluding hydrogens is 282 g/mol. The Morgan fingerprint density at radius 2 is 1.91 bits per heavy atom. The van der Waals surface area contributed by atoms with Crippen molar-refractivity contribution in [3.8, 4) is 0 Å². The van der Waals surface area contributed by atoms with Gasteiger partial charge in [-0.1, -0.05) is 18.2 Å². The Labute approximate surface area is 126 Å². The van der Waals surface area contributed by atoms with Gasteiger partial charge in [-0.25, -0.2) is 4.99 Å². The monoisotopic (exact) mass is 295 g/mol. The first-order valence-corrected chi connectivity index (χ1v) is 7.14. The fourth-order valence-corrected chi connectivity index (χ4v) is 2.84. The van der Waals surface area contributed by atoms with E-state index in [-0.39, 0.29) is 17.3 Å². The highest BCUT2D eigenvalue weighted by atomic mass is 16.2. The topological polar surface area (TPSA) is 86.5 Å². The Morgan fingerprint density at radius 1 is 1.14 bits per heavy atom. The molecule has 1 N–H and O–H groups in total. The predicted molar refractivity (Wildman–Crippen MR) is 79.8 cm³/mol. The molecule has 1 fully saturated rings. The summed E-state index contributed by atoms with van der Waals surface area (Å²) in [6, 6.07) is 7.36. The summed E-state index contributed by atoms with van der Waals surface area (Å²) in [6.07, 6.45) is 0. The number of piperazine rings is 1. The number of hydrogen-bond donors (Lipinski definition) is 1. The SMILES string of the molecule is O=C1N=NC(C(=O)N2CCNCC2)=C2C1=Nc1ccccc12. The summed E-state index contributed by atoms with van der Waals surface area (Å²) in [5.41, 5.74) is 2.39. The number of carbonyl (C=O) groups excluding carboxylic acids is 2. The molecule has 0 unspecified atom stereocenters. The second-order valence-corrected chi connectivity index (χ2v) is 5.25. The fraction of sp³-hybridized carbons (Fsp3) is 0.267. The lowest BCUT2D eigenvalue weighted by Gasteiger charge is -2.28. The van der Waals surface area contributed by atoms with Gasteiger partial charge in [-0.15, -0.1) is 10.2 Å². The lowest BCUT2D eigenvalue weighted by molar-refractivity contribution is -0.127. The Balaban J connectivity index is 1.82. The molecule has 1 aromatic carbocycles. The number of fused-ring (bicyclic) bond motifs is 3. The van der Waals surface area contributed by atoms with Crippen LogP contribution in [0, 0.1) is 0 Å². The Bertz CT molecular complexity index is 772. The van der Waals surface area contributed by atoms with Crippen LogP contribution >= 0.6 is 0 Å². The molecule has 0 atom stereocenters. The van der Waals surface area contributed by atoms with Crippen LogP contribution in [0.4, 0.5) is 5.69 Å². The quantitative estimate of drug-likeness (QED) is 0.835. The first-order valence-electron chi connectivity index (χ1n) is 7.14. The van der Waals surface area contributed by atoms with E-state index in [1.165, 1.54) is 0 Å². The molecule has 3 aliphatic heterocycles. The van der Waals surface area contributed by atoms with E-state index in [4.69, 9.17) is 0 Å². The van der Waals surface area contributed by atoms with Crippen LogP contribution in [0.3, 0.4) is 0 Å². The van der Waals surface area contributed by atoms with Crippen molar-refractivity contribution in [2.24, 2.45) is 15.2 Å². The van der Waals surface area contributed by atoms with Crippen molar-refractivity contribution in [3.05, 3.63) is 35.5 Å². The van der Waals surface area contributed by atoms with Gasteiger partial charge in [0.05, 0.1) is 5.69 Å². The van der Waals surface area contributed by atoms with E-state index in [1.54, 1.807) is 4.90 Å². The maximum absolute atomic E-state index is 12.7. The van der Waals surface area contributed by atoms with E-state index >= 15 is 0 Å². The molecule has 1 aromatic rings. The maximum Gasteiger partial charge on any atom is 0.314 e. The molecule has 0 radical (unpaired) electrons. The standard InChI is InChI=1S/C15H13N5O2/c21-14-12-11(9-3-1-2-4-10(9)17-12)13(18-19-14)15(22)20-7-5-16-6-8-20/h1-4,16H,5-8H2. The number of aliphatic imine (C=N–C) groups is 1. The van der Waals surface area contributed by atoms with Crippen molar-refractivity contribution >= 4 is 28.8 Å². The third kappa shape index (κ3) is 1.90. The van der Waals surface area contributed by atoms with Crippen LogP contribution in [-0.4, -0.2) is 48.6 Å². The second kappa shape index (κ2) is 4.96. The van der Waals surface area contributed by atoms with Crippen molar-refractivity contribution in [2.75, 3.05) is 26.2 Å². The van der Waals surface area contributed by atoms with Gasteiger partial charge in [-0.2, -0.15) is 0 Å². The molecule has 0 aromatic heterocycles. The summed E-state index contributed by atoms with van der Waals surface area (Å²) >= 11 is 0. The van der Waals surface area contributed by atoms with Gasteiger partial charge in [0.15, 0.2) is 5.70 Å². The fourth-order valence-electron chi connectivity index (χ4n) is 2.84. The first-order chi connectivity index (χ1) is 10.8. The van der Waals surface area contributed by atoms with Crippen LogP contribution in [0.25, 0.3) is 5.57 Å². The average molecular weight is 295 g/mol. The molecule has 110 valence electrons. The van der Waals surface area contributed by atoms with Crippen LogP contribution in [0.2, 0.25) is 0 Å². The number of nitrogens with one attached hydrogen (secondary N) is 1. The van der Waals surface area contributed by atoms with Crippen LogP contribution in [0.15, 0.2) is 45.2 Å². The van der Waals surface area contributed by atoms with Gasteiger partial charge in [-0.05, 0) is 6.07 Å². The molecule has 4 rings (SSSR count). The molecule has 0 aliphatic carbocycles. The van der Waals surface area contributed by atoms with E-state index in [0.717, 1.165) is 18.7 Å². The van der Waals surface area contributed by atoms with Crippen molar-refractivity contribution in [1.29, 1.82) is 0 Å². The highest BCUT2D eigenvalue weighted by Gasteiger charge is 2.36. The van der Waals surface area contributed by atoms with Crippen molar-refractivity contribution in [3.63, 3.8) is 0 Å². The smallest absolute Gasteiger partial charge is 0.314 e. The minimum absolute atomic E-state index is 0.197. The van der Waals surface area contributed by atoms with E-state index in [9.17, 15) is 9.59 Å². The highest BCUT2D eigenvalue weighted by molar-refractivity contribution is 6.60. The van der Waals surface area contributed by atoms with E-state index < -0.39 is 5.91 Å².